The maximum atomic E-state index is 4.01. The summed E-state index contributed by atoms with van der Waals surface area (Å²) in [5.41, 5.74) is 0. The molecule has 0 aromatic heterocycles. The van der Waals surface area contributed by atoms with Gasteiger partial charge < -0.3 is 0 Å². The topological polar surface area (TPSA) is 0 Å². The predicted octanol–water partition coefficient (Wildman–Crippen LogP) is 10.0. The van der Waals surface area contributed by atoms with Crippen molar-refractivity contribution < 1.29 is 0 Å². The average Bonchev–Trinajstić information content (AvgIpc) is 2.66. The summed E-state index contributed by atoms with van der Waals surface area (Å²) in [5, 5.41) is 0. The van der Waals surface area contributed by atoms with Gasteiger partial charge in [-0.1, -0.05) is 142 Å². The highest BCUT2D eigenvalue weighted by Gasteiger charge is 2.03. The summed E-state index contributed by atoms with van der Waals surface area (Å²) >= 11 is 0. The lowest BCUT2D eigenvalue weighted by molar-refractivity contribution is 0.475. The molecule has 0 aliphatic heterocycles. The SMILES string of the molecule is C=CC(CCCC)CCCCCCCCCCCCCCCCCCC. The van der Waals surface area contributed by atoms with Crippen LogP contribution in [0.5, 0.6) is 0 Å². The van der Waals surface area contributed by atoms with E-state index in [4.69, 9.17) is 0 Å². The van der Waals surface area contributed by atoms with Crippen molar-refractivity contribution in [2.75, 3.05) is 0 Å². The molecule has 26 heavy (non-hydrogen) atoms. The third-order valence-electron chi connectivity index (χ3n) is 5.94. The predicted molar refractivity (Wildman–Crippen MR) is 122 cm³/mol. The van der Waals surface area contributed by atoms with Crippen LogP contribution in [0.15, 0.2) is 12.7 Å². The van der Waals surface area contributed by atoms with Gasteiger partial charge in [-0.25, -0.2) is 0 Å². The molecule has 1 atom stereocenters. The van der Waals surface area contributed by atoms with Crippen molar-refractivity contribution in [3.05, 3.63) is 12.7 Å². The summed E-state index contributed by atoms with van der Waals surface area (Å²) in [4.78, 5) is 0. The molecule has 0 aliphatic rings. The number of allylic oxidation sites excluding steroid dienone is 1. The summed E-state index contributed by atoms with van der Waals surface area (Å²) in [6.45, 7) is 8.60. The van der Waals surface area contributed by atoms with Gasteiger partial charge in [0, 0.05) is 0 Å². The molecule has 0 amide bonds. The summed E-state index contributed by atoms with van der Waals surface area (Å²) in [7, 11) is 0. The van der Waals surface area contributed by atoms with Gasteiger partial charge in [-0.3, -0.25) is 0 Å². The Bertz CT molecular complexity index is 255. The molecule has 0 saturated carbocycles. The molecular weight excluding hydrogens is 312 g/mol. The molecule has 0 bridgehead atoms. The molecule has 0 spiro atoms. The minimum Gasteiger partial charge on any atom is -0.103 e. The molecule has 0 aliphatic carbocycles. The Labute approximate surface area is 167 Å². The molecule has 156 valence electrons. The lowest BCUT2D eigenvalue weighted by atomic mass is 9.95. The molecular formula is C26H52. The first-order valence-electron chi connectivity index (χ1n) is 12.5. The van der Waals surface area contributed by atoms with E-state index in [2.05, 4.69) is 26.5 Å². The second-order valence-electron chi connectivity index (χ2n) is 8.58. The van der Waals surface area contributed by atoms with Crippen molar-refractivity contribution in [3.63, 3.8) is 0 Å². The Hall–Kier alpha value is -0.260. The molecule has 0 nitrogen and oxygen atoms in total. The van der Waals surface area contributed by atoms with Crippen molar-refractivity contribution in [2.24, 2.45) is 5.92 Å². The van der Waals surface area contributed by atoms with Crippen LogP contribution in [-0.2, 0) is 0 Å². The molecule has 0 heteroatoms. The van der Waals surface area contributed by atoms with Crippen LogP contribution in [0.2, 0.25) is 0 Å². The van der Waals surface area contributed by atoms with Gasteiger partial charge in [-0.2, -0.15) is 0 Å². The molecule has 0 radical (unpaired) electrons. The van der Waals surface area contributed by atoms with Gasteiger partial charge in [0.05, 0.1) is 0 Å². The first kappa shape index (κ1) is 25.7. The van der Waals surface area contributed by atoms with Crippen LogP contribution >= 0.6 is 0 Å². The van der Waals surface area contributed by atoms with Gasteiger partial charge in [-0.15, -0.1) is 6.58 Å². The Morgan fingerprint density at radius 3 is 1.12 bits per heavy atom. The van der Waals surface area contributed by atoms with Gasteiger partial charge in [0.25, 0.3) is 0 Å². The molecule has 0 heterocycles. The lowest BCUT2D eigenvalue weighted by Gasteiger charge is -2.11. The van der Waals surface area contributed by atoms with Gasteiger partial charge in [0.15, 0.2) is 0 Å². The van der Waals surface area contributed by atoms with Crippen LogP contribution in [0.1, 0.15) is 149 Å². The third kappa shape index (κ3) is 20.1. The number of hydrogen-bond acceptors (Lipinski definition) is 0. The monoisotopic (exact) mass is 364 g/mol. The minimum absolute atomic E-state index is 0.784. The van der Waals surface area contributed by atoms with Crippen LogP contribution in [0.3, 0.4) is 0 Å². The minimum atomic E-state index is 0.784. The number of hydrogen-bond donors (Lipinski definition) is 0. The van der Waals surface area contributed by atoms with E-state index >= 15 is 0 Å². The van der Waals surface area contributed by atoms with Crippen LogP contribution < -0.4 is 0 Å². The van der Waals surface area contributed by atoms with Crippen molar-refractivity contribution in [1.29, 1.82) is 0 Å². The first-order valence-corrected chi connectivity index (χ1v) is 12.5. The van der Waals surface area contributed by atoms with Crippen molar-refractivity contribution >= 4 is 0 Å². The zero-order valence-electron chi connectivity index (χ0n) is 18.7. The normalized spacial score (nSPS) is 12.4. The smallest absolute Gasteiger partial charge is 0.0236 e. The summed E-state index contributed by atoms with van der Waals surface area (Å²) in [6, 6.07) is 0. The van der Waals surface area contributed by atoms with E-state index in [1.165, 1.54) is 135 Å². The highest BCUT2D eigenvalue weighted by molar-refractivity contribution is 4.78. The van der Waals surface area contributed by atoms with Crippen LogP contribution in [0.4, 0.5) is 0 Å². The van der Waals surface area contributed by atoms with E-state index in [9.17, 15) is 0 Å². The van der Waals surface area contributed by atoms with Gasteiger partial charge in [-0.05, 0) is 18.8 Å². The van der Waals surface area contributed by atoms with Crippen LogP contribution in [-0.4, -0.2) is 0 Å². The Morgan fingerprint density at radius 2 is 0.769 bits per heavy atom. The second-order valence-corrected chi connectivity index (χ2v) is 8.58. The maximum absolute atomic E-state index is 4.01. The van der Waals surface area contributed by atoms with Gasteiger partial charge in [0.1, 0.15) is 0 Å². The standard InChI is InChI=1S/C26H52/c1-4-7-9-10-11-12-13-14-15-16-17-18-19-20-21-22-23-25-26(6-3)24-8-5-2/h6,26H,3-5,7-25H2,1-2H3. The van der Waals surface area contributed by atoms with Gasteiger partial charge >= 0.3 is 0 Å². The third-order valence-corrected chi connectivity index (χ3v) is 5.94. The second kappa shape index (κ2) is 22.8. The lowest BCUT2D eigenvalue weighted by Crippen LogP contribution is -1.96. The van der Waals surface area contributed by atoms with Crippen molar-refractivity contribution in [2.45, 2.75) is 149 Å². The van der Waals surface area contributed by atoms with E-state index in [0.29, 0.717) is 0 Å². The summed E-state index contributed by atoms with van der Waals surface area (Å²) in [5.74, 6) is 0.784. The largest absolute Gasteiger partial charge is 0.103 e. The van der Waals surface area contributed by atoms with E-state index in [1.807, 2.05) is 0 Å². The van der Waals surface area contributed by atoms with Gasteiger partial charge in [0.2, 0.25) is 0 Å². The molecule has 0 N–H and O–H groups in total. The Balaban J connectivity index is 3.12. The Morgan fingerprint density at radius 1 is 0.462 bits per heavy atom. The van der Waals surface area contributed by atoms with E-state index in [-0.39, 0.29) is 0 Å². The highest BCUT2D eigenvalue weighted by Crippen LogP contribution is 2.19. The fourth-order valence-electron chi connectivity index (χ4n) is 3.98. The maximum Gasteiger partial charge on any atom is -0.0236 e. The zero-order valence-corrected chi connectivity index (χ0v) is 18.7. The average molecular weight is 365 g/mol. The molecule has 0 aromatic carbocycles. The number of unbranched alkanes of at least 4 members (excludes halogenated alkanes) is 17. The molecule has 0 saturated heterocycles. The number of rotatable bonds is 22. The first-order chi connectivity index (χ1) is 12.8. The molecule has 0 aromatic rings. The molecule has 0 rings (SSSR count). The fraction of sp³-hybridized carbons (Fsp3) is 0.923. The van der Waals surface area contributed by atoms with Crippen LogP contribution in [0, 0.1) is 5.92 Å². The van der Waals surface area contributed by atoms with E-state index < -0.39 is 0 Å². The van der Waals surface area contributed by atoms with E-state index in [0.717, 1.165) is 5.92 Å². The highest BCUT2D eigenvalue weighted by atomic mass is 14.1. The summed E-state index contributed by atoms with van der Waals surface area (Å²) in [6.07, 6.45) is 32.5. The molecule has 0 fully saturated rings. The zero-order chi connectivity index (χ0) is 19.1. The Kier molecular flexibility index (Phi) is 22.6. The van der Waals surface area contributed by atoms with E-state index in [1.54, 1.807) is 0 Å². The fourth-order valence-corrected chi connectivity index (χ4v) is 3.98. The van der Waals surface area contributed by atoms with Crippen molar-refractivity contribution in [3.8, 4) is 0 Å². The summed E-state index contributed by atoms with van der Waals surface area (Å²) < 4.78 is 0. The van der Waals surface area contributed by atoms with Crippen LogP contribution in [0.25, 0.3) is 0 Å². The molecule has 1 unspecified atom stereocenters. The quantitative estimate of drug-likeness (QED) is 0.132. The van der Waals surface area contributed by atoms with Crippen molar-refractivity contribution in [1.82, 2.24) is 0 Å².